The minimum Gasteiger partial charge on any atom is -0.486 e. The molecule has 7 heteroatoms. The van der Waals surface area contributed by atoms with Crippen LogP contribution in [0.4, 0.5) is 34.1 Å². The number of nitrogens with zero attached hydrogens (tertiary/aromatic N) is 2. The van der Waals surface area contributed by atoms with Gasteiger partial charge in [-0.2, -0.15) is 0 Å². The van der Waals surface area contributed by atoms with Crippen molar-refractivity contribution in [2.75, 3.05) is 36.2 Å². The number of hydrogen-bond acceptors (Lipinski definition) is 6. The minimum atomic E-state index is -0.184. The lowest BCUT2D eigenvalue weighted by molar-refractivity contribution is 0.172. The quantitative estimate of drug-likeness (QED) is 0.155. The fourth-order valence-electron chi connectivity index (χ4n) is 10.5. The minimum absolute atomic E-state index is 0.184. The van der Waals surface area contributed by atoms with Gasteiger partial charge in [-0.15, -0.1) is 0 Å². The summed E-state index contributed by atoms with van der Waals surface area (Å²) < 4.78 is 26.3. The van der Waals surface area contributed by atoms with Crippen molar-refractivity contribution >= 4 is 57.2 Å². The highest BCUT2D eigenvalue weighted by molar-refractivity contribution is 7.00. The largest absolute Gasteiger partial charge is 0.486 e. The summed E-state index contributed by atoms with van der Waals surface area (Å²) in [5, 5.41) is 0. The van der Waals surface area contributed by atoms with E-state index in [1.807, 2.05) is 0 Å². The van der Waals surface area contributed by atoms with Gasteiger partial charge in [0.1, 0.15) is 26.4 Å². The van der Waals surface area contributed by atoms with Gasteiger partial charge in [-0.1, -0.05) is 133 Å². The van der Waals surface area contributed by atoms with Crippen LogP contribution in [0.5, 0.6) is 23.0 Å². The molecule has 4 aliphatic rings. The molecule has 0 atom stereocenters. The molecule has 4 aliphatic heterocycles. The lowest BCUT2D eigenvalue weighted by Gasteiger charge is -2.46. The van der Waals surface area contributed by atoms with E-state index in [2.05, 4.69) is 211 Å². The third-order valence-electron chi connectivity index (χ3n) is 13.3. The monoisotopic (exact) mass is 854 g/mol. The van der Waals surface area contributed by atoms with Crippen molar-refractivity contribution < 1.29 is 18.9 Å². The Bertz CT molecular complexity index is 3010. The molecule has 0 fully saturated rings. The highest BCUT2D eigenvalue weighted by atomic mass is 16.6. The van der Waals surface area contributed by atoms with Crippen molar-refractivity contribution in [1.29, 1.82) is 0 Å². The molecule has 0 aliphatic carbocycles. The molecule has 316 valence electrons. The molecule has 9 aromatic carbocycles. The maximum absolute atomic E-state index is 6.75. The molecule has 13 rings (SSSR count). The van der Waals surface area contributed by atoms with Crippen LogP contribution >= 0.6 is 0 Å². The third kappa shape index (κ3) is 6.26. The Balaban J connectivity index is 1.13. The Morgan fingerprint density at radius 2 is 0.712 bits per heavy atom. The summed E-state index contributed by atoms with van der Waals surface area (Å²) in [4.78, 5) is 4.89. The van der Waals surface area contributed by atoms with E-state index in [0.717, 1.165) is 118 Å². The normalized spacial score (nSPS) is 14.0. The SMILES string of the molecule is Cc1cc2c3c(c1)N(c1cc(-c4ccccc4)cc(-c4ccccc4)c1)c1c(ccc4c1OCCO4)B3c1ccc3c(c1N2c1cc(-c2ccccc2)cc(-c2ccccc2)c1)OCCO3. The number of anilines is 6. The van der Waals surface area contributed by atoms with Gasteiger partial charge in [-0.05, 0) is 134 Å². The second-order valence-electron chi connectivity index (χ2n) is 17.4. The first kappa shape index (κ1) is 38.3. The van der Waals surface area contributed by atoms with E-state index in [4.69, 9.17) is 18.9 Å². The molecule has 0 spiro atoms. The molecule has 4 heterocycles. The highest BCUT2D eigenvalue weighted by Gasteiger charge is 2.47. The number of benzene rings is 9. The van der Waals surface area contributed by atoms with Gasteiger partial charge in [0.2, 0.25) is 0 Å². The van der Waals surface area contributed by atoms with Crippen LogP contribution in [0.15, 0.2) is 194 Å². The molecule has 0 radical (unpaired) electrons. The molecule has 0 aromatic heterocycles. The van der Waals surface area contributed by atoms with Crippen molar-refractivity contribution in [3.8, 4) is 67.5 Å². The van der Waals surface area contributed by atoms with Gasteiger partial charge in [0.05, 0.1) is 11.4 Å². The zero-order chi connectivity index (χ0) is 43.7. The summed E-state index contributed by atoms with van der Waals surface area (Å²) in [5.41, 5.74) is 19.9. The lowest BCUT2D eigenvalue weighted by Crippen LogP contribution is -2.61. The van der Waals surface area contributed by atoms with E-state index < -0.39 is 0 Å². The van der Waals surface area contributed by atoms with Crippen LogP contribution < -0.4 is 45.1 Å². The first-order valence-corrected chi connectivity index (χ1v) is 22.8. The van der Waals surface area contributed by atoms with Crippen LogP contribution in [0.1, 0.15) is 5.56 Å². The number of hydrogen-bond donors (Lipinski definition) is 0. The number of rotatable bonds is 6. The standard InChI is InChI=1S/C59H43BN2O4/c1-38-30-51-55-52(31-38)62(48-36-45(41-18-10-4-11-19-41)33-46(37-48)42-20-12-5-13-21-42)57-50(23-25-54-59(57)66-29-27-64-54)60(55)49-22-24-53-58(65-28-26-63-53)56(49)61(51)47-34-43(39-14-6-2-7-15-39)32-44(35-47)40-16-8-3-9-17-40/h2-25,30-37H,26-29H2,1H3. The number of ether oxygens (including phenoxy) is 4. The lowest BCUT2D eigenvalue weighted by atomic mass is 9.33. The summed E-state index contributed by atoms with van der Waals surface area (Å²) in [6, 6.07) is 70.0. The van der Waals surface area contributed by atoms with Crippen molar-refractivity contribution in [2.45, 2.75) is 6.92 Å². The summed E-state index contributed by atoms with van der Waals surface area (Å²) >= 11 is 0. The molecule has 0 unspecified atom stereocenters. The smallest absolute Gasteiger partial charge is 0.252 e. The zero-order valence-electron chi connectivity index (χ0n) is 36.4. The van der Waals surface area contributed by atoms with Gasteiger partial charge < -0.3 is 28.7 Å². The first-order valence-electron chi connectivity index (χ1n) is 22.8. The van der Waals surface area contributed by atoms with Crippen LogP contribution in [0.3, 0.4) is 0 Å². The molecule has 0 amide bonds. The average Bonchev–Trinajstić information content (AvgIpc) is 3.39. The Labute approximate surface area is 384 Å². The summed E-state index contributed by atoms with van der Waals surface area (Å²) in [5.74, 6) is 3.00. The topological polar surface area (TPSA) is 43.4 Å². The molecular formula is C59H43BN2O4. The van der Waals surface area contributed by atoms with Gasteiger partial charge in [-0.3, -0.25) is 0 Å². The van der Waals surface area contributed by atoms with Gasteiger partial charge in [0.15, 0.2) is 23.0 Å². The second-order valence-corrected chi connectivity index (χ2v) is 17.4. The van der Waals surface area contributed by atoms with Crippen molar-refractivity contribution in [2.24, 2.45) is 0 Å². The first-order chi connectivity index (χ1) is 32.6. The maximum Gasteiger partial charge on any atom is 0.252 e. The molecule has 0 saturated heterocycles. The van der Waals surface area contributed by atoms with Crippen molar-refractivity contribution in [3.63, 3.8) is 0 Å². The predicted molar refractivity (Wildman–Crippen MR) is 269 cm³/mol. The van der Waals surface area contributed by atoms with Crippen LogP contribution in [0.25, 0.3) is 44.5 Å². The average molecular weight is 855 g/mol. The summed E-state index contributed by atoms with van der Waals surface area (Å²) in [6.07, 6.45) is 0. The third-order valence-corrected chi connectivity index (χ3v) is 13.3. The Hall–Kier alpha value is -8.16. The molecular weight excluding hydrogens is 811 g/mol. The molecule has 0 bridgehead atoms. The molecule has 66 heavy (non-hydrogen) atoms. The molecule has 0 N–H and O–H groups in total. The van der Waals surface area contributed by atoms with Crippen LogP contribution in [-0.4, -0.2) is 33.1 Å². The van der Waals surface area contributed by atoms with Crippen LogP contribution in [0, 0.1) is 6.92 Å². The van der Waals surface area contributed by atoms with E-state index in [-0.39, 0.29) is 6.71 Å². The summed E-state index contributed by atoms with van der Waals surface area (Å²) in [6.45, 7) is 3.92. The van der Waals surface area contributed by atoms with Crippen LogP contribution in [-0.2, 0) is 0 Å². The van der Waals surface area contributed by atoms with Crippen molar-refractivity contribution in [3.05, 3.63) is 200 Å². The molecule has 0 saturated carbocycles. The van der Waals surface area contributed by atoms with Crippen LogP contribution in [0.2, 0.25) is 0 Å². The fourth-order valence-corrected chi connectivity index (χ4v) is 10.5. The maximum atomic E-state index is 6.75. The molecule has 6 nitrogen and oxygen atoms in total. The van der Waals surface area contributed by atoms with E-state index >= 15 is 0 Å². The van der Waals surface area contributed by atoms with Crippen molar-refractivity contribution in [1.82, 2.24) is 0 Å². The Morgan fingerprint density at radius 3 is 1.08 bits per heavy atom. The van der Waals surface area contributed by atoms with E-state index in [9.17, 15) is 0 Å². The van der Waals surface area contributed by atoms with Gasteiger partial charge in [-0.25, -0.2) is 0 Å². The van der Waals surface area contributed by atoms with E-state index in [0.29, 0.717) is 26.4 Å². The van der Waals surface area contributed by atoms with Gasteiger partial charge >= 0.3 is 0 Å². The Morgan fingerprint density at radius 1 is 0.364 bits per heavy atom. The predicted octanol–water partition coefficient (Wildman–Crippen LogP) is 12.3. The summed E-state index contributed by atoms with van der Waals surface area (Å²) in [7, 11) is 0. The molecule has 9 aromatic rings. The second kappa shape index (κ2) is 15.5. The number of fused-ring (bicyclic) bond motifs is 8. The zero-order valence-corrected chi connectivity index (χ0v) is 36.4. The van der Waals surface area contributed by atoms with Gasteiger partial charge in [0.25, 0.3) is 6.71 Å². The highest BCUT2D eigenvalue weighted by Crippen LogP contribution is 2.54. The van der Waals surface area contributed by atoms with Gasteiger partial charge in [0, 0.05) is 22.7 Å². The Kier molecular flexibility index (Phi) is 9.02. The fraction of sp³-hybridized carbons (Fsp3) is 0.0847. The van der Waals surface area contributed by atoms with E-state index in [1.165, 1.54) is 5.46 Å². The number of aryl methyl sites for hydroxylation is 1. The van der Waals surface area contributed by atoms with E-state index in [1.54, 1.807) is 0 Å².